The van der Waals surface area contributed by atoms with Gasteiger partial charge in [-0.15, -0.1) is 0 Å². The molecule has 0 atom stereocenters. The zero-order chi connectivity index (χ0) is 7.40. The Kier molecular flexibility index (Phi) is 2.68. The SMILES string of the molecule is Cc1ccncc1SON. The third-order valence-corrected chi connectivity index (χ3v) is 1.83. The van der Waals surface area contributed by atoms with E-state index in [4.69, 9.17) is 5.90 Å². The van der Waals surface area contributed by atoms with Gasteiger partial charge in [-0.25, -0.2) is 10.2 Å². The van der Waals surface area contributed by atoms with Crippen molar-refractivity contribution < 1.29 is 4.28 Å². The van der Waals surface area contributed by atoms with Crippen LogP contribution < -0.4 is 5.90 Å². The standard InChI is InChI=1S/C6H8N2OS/c1-5-2-3-8-4-6(5)10-9-7/h2-4H,7H2,1H3. The van der Waals surface area contributed by atoms with E-state index in [9.17, 15) is 0 Å². The third-order valence-electron chi connectivity index (χ3n) is 1.13. The fourth-order valence-electron chi connectivity index (χ4n) is 0.589. The van der Waals surface area contributed by atoms with E-state index in [1.165, 1.54) is 0 Å². The third kappa shape index (κ3) is 1.70. The van der Waals surface area contributed by atoms with Gasteiger partial charge < -0.3 is 0 Å². The molecule has 0 unspecified atom stereocenters. The molecular formula is C6H8N2OS. The van der Waals surface area contributed by atoms with Gasteiger partial charge in [0.2, 0.25) is 0 Å². The predicted octanol–water partition coefficient (Wildman–Crippen LogP) is 1.29. The van der Waals surface area contributed by atoms with Crippen molar-refractivity contribution in [2.75, 3.05) is 0 Å². The lowest BCUT2D eigenvalue weighted by molar-refractivity contribution is 0.398. The number of hydrogen-bond acceptors (Lipinski definition) is 4. The van der Waals surface area contributed by atoms with Crippen molar-refractivity contribution in [3.63, 3.8) is 0 Å². The number of pyridine rings is 1. The molecule has 0 aromatic carbocycles. The Hall–Kier alpha value is -0.580. The van der Waals surface area contributed by atoms with Crippen molar-refractivity contribution in [3.05, 3.63) is 24.0 Å². The quantitative estimate of drug-likeness (QED) is 0.517. The van der Waals surface area contributed by atoms with E-state index >= 15 is 0 Å². The molecule has 54 valence electrons. The second kappa shape index (κ2) is 3.55. The van der Waals surface area contributed by atoms with Gasteiger partial charge in [0.1, 0.15) is 0 Å². The van der Waals surface area contributed by atoms with E-state index in [1.54, 1.807) is 12.4 Å². The highest BCUT2D eigenvalue weighted by Crippen LogP contribution is 2.19. The van der Waals surface area contributed by atoms with Crippen molar-refractivity contribution in [1.29, 1.82) is 0 Å². The number of aromatic nitrogens is 1. The summed E-state index contributed by atoms with van der Waals surface area (Å²) >= 11 is 1.12. The number of nitrogens with zero attached hydrogens (tertiary/aromatic N) is 1. The maximum atomic E-state index is 4.86. The fourth-order valence-corrected chi connectivity index (χ4v) is 0.996. The van der Waals surface area contributed by atoms with Crippen LogP contribution in [0.2, 0.25) is 0 Å². The molecule has 0 aliphatic carbocycles. The molecule has 10 heavy (non-hydrogen) atoms. The molecule has 3 nitrogen and oxygen atoms in total. The largest absolute Gasteiger partial charge is 0.263 e. The second-order valence-corrected chi connectivity index (χ2v) is 2.62. The van der Waals surface area contributed by atoms with Crippen LogP contribution in [0, 0.1) is 6.92 Å². The molecule has 0 aliphatic heterocycles. The average Bonchev–Trinajstić information content (AvgIpc) is 1.94. The first-order valence-electron chi connectivity index (χ1n) is 2.78. The Labute approximate surface area is 63.8 Å². The van der Waals surface area contributed by atoms with Crippen LogP contribution in [-0.4, -0.2) is 4.98 Å². The molecule has 0 fully saturated rings. The summed E-state index contributed by atoms with van der Waals surface area (Å²) in [5.41, 5.74) is 1.12. The van der Waals surface area contributed by atoms with Gasteiger partial charge in [0, 0.05) is 12.4 Å². The van der Waals surface area contributed by atoms with Crippen LogP contribution in [-0.2, 0) is 4.28 Å². The normalized spacial score (nSPS) is 9.80. The summed E-state index contributed by atoms with van der Waals surface area (Å²) in [6, 6.07) is 1.90. The van der Waals surface area contributed by atoms with Crippen molar-refractivity contribution >= 4 is 12.0 Å². The van der Waals surface area contributed by atoms with E-state index in [0.29, 0.717) is 0 Å². The predicted molar refractivity (Wildman–Crippen MR) is 40.1 cm³/mol. The Morgan fingerprint density at radius 3 is 3.10 bits per heavy atom. The van der Waals surface area contributed by atoms with Crippen LogP contribution in [0.3, 0.4) is 0 Å². The molecule has 0 amide bonds. The molecular weight excluding hydrogens is 148 g/mol. The van der Waals surface area contributed by atoms with E-state index in [2.05, 4.69) is 9.27 Å². The van der Waals surface area contributed by atoms with E-state index in [1.807, 2.05) is 13.0 Å². The van der Waals surface area contributed by atoms with Crippen molar-refractivity contribution in [2.24, 2.45) is 5.90 Å². The number of hydrogen-bond donors (Lipinski definition) is 1. The van der Waals surface area contributed by atoms with Crippen LogP contribution in [0.5, 0.6) is 0 Å². The summed E-state index contributed by atoms with van der Waals surface area (Å²) in [6.45, 7) is 1.98. The summed E-state index contributed by atoms with van der Waals surface area (Å²) < 4.78 is 4.39. The van der Waals surface area contributed by atoms with Crippen molar-refractivity contribution in [3.8, 4) is 0 Å². The lowest BCUT2D eigenvalue weighted by Crippen LogP contribution is -1.89. The Balaban J connectivity index is 2.81. The topological polar surface area (TPSA) is 48.1 Å². The van der Waals surface area contributed by atoms with Gasteiger partial charge in [0.05, 0.1) is 16.9 Å². The summed E-state index contributed by atoms with van der Waals surface area (Å²) in [6.07, 6.45) is 3.45. The maximum Gasteiger partial charge on any atom is 0.0585 e. The Morgan fingerprint density at radius 2 is 2.50 bits per heavy atom. The van der Waals surface area contributed by atoms with Crippen LogP contribution in [0.15, 0.2) is 23.4 Å². The molecule has 2 N–H and O–H groups in total. The van der Waals surface area contributed by atoms with Gasteiger partial charge in [-0.05, 0) is 18.6 Å². The summed E-state index contributed by atoms with van der Waals surface area (Å²) in [5, 5.41) is 0. The van der Waals surface area contributed by atoms with Crippen LogP contribution in [0.1, 0.15) is 5.56 Å². The summed E-state index contributed by atoms with van der Waals surface area (Å²) in [5.74, 6) is 4.86. The molecule has 0 aliphatic rings. The lowest BCUT2D eigenvalue weighted by atomic mass is 10.3. The smallest absolute Gasteiger partial charge is 0.0585 e. The molecule has 0 radical (unpaired) electrons. The van der Waals surface area contributed by atoms with Crippen LogP contribution in [0.4, 0.5) is 0 Å². The van der Waals surface area contributed by atoms with Gasteiger partial charge in [0.15, 0.2) is 0 Å². The van der Waals surface area contributed by atoms with E-state index in [-0.39, 0.29) is 0 Å². The van der Waals surface area contributed by atoms with Crippen LogP contribution >= 0.6 is 12.0 Å². The lowest BCUT2D eigenvalue weighted by Gasteiger charge is -1.98. The van der Waals surface area contributed by atoms with E-state index in [0.717, 1.165) is 22.5 Å². The number of nitrogens with two attached hydrogens (primary N) is 1. The molecule has 1 rings (SSSR count). The zero-order valence-corrected chi connectivity index (χ0v) is 6.39. The van der Waals surface area contributed by atoms with Gasteiger partial charge in [-0.2, -0.15) is 0 Å². The number of aryl methyl sites for hydroxylation is 1. The molecule has 1 aromatic heterocycles. The fraction of sp³-hybridized carbons (Fsp3) is 0.167. The molecule has 1 aromatic rings. The highest BCUT2D eigenvalue weighted by Gasteiger charge is 1.96. The molecule has 0 bridgehead atoms. The average molecular weight is 156 g/mol. The first kappa shape index (κ1) is 7.53. The minimum Gasteiger partial charge on any atom is -0.263 e. The Bertz CT molecular complexity index is 217. The molecule has 4 heteroatoms. The molecule has 0 saturated carbocycles. The van der Waals surface area contributed by atoms with E-state index < -0.39 is 0 Å². The first-order chi connectivity index (χ1) is 4.84. The van der Waals surface area contributed by atoms with Gasteiger partial charge in [-0.1, -0.05) is 0 Å². The van der Waals surface area contributed by atoms with Crippen LogP contribution in [0.25, 0.3) is 0 Å². The monoisotopic (exact) mass is 156 g/mol. The summed E-state index contributed by atoms with van der Waals surface area (Å²) in [7, 11) is 0. The van der Waals surface area contributed by atoms with Crippen molar-refractivity contribution in [1.82, 2.24) is 4.98 Å². The molecule has 0 saturated heterocycles. The van der Waals surface area contributed by atoms with Crippen molar-refractivity contribution in [2.45, 2.75) is 11.8 Å². The maximum absolute atomic E-state index is 4.86. The minimum absolute atomic E-state index is 0.949. The minimum atomic E-state index is 0.949. The van der Waals surface area contributed by atoms with Gasteiger partial charge in [0.25, 0.3) is 0 Å². The first-order valence-corrected chi connectivity index (χ1v) is 3.53. The summed E-state index contributed by atoms with van der Waals surface area (Å²) in [4.78, 5) is 4.86. The highest BCUT2D eigenvalue weighted by atomic mass is 32.2. The molecule has 1 heterocycles. The highest BCUT2D eigenvalue weighted by molar-refractivity contribution is 7.94. The number of rotatable bonds is 2. The second-order valence-electron chi connectivity index (χ2n) is 1.82. The Morgan fingerprint density at radius 1 is 1.70 bits per heavy atom. The zero-order valence-electron chi connectivity index (χ0n) is 5.57. The molecule has 0 spiro atoms. The van der Waals surface area contributed by atoms with Gasteiger partial charge >= 0.3 is 0 Å². The van der Waals surface area contributed by atoms with Gasteiger partial charge in [-0.3, -0.25) is 4.98 Å².